The molecule has 21 heavy (non-hydrogen) atoms. The standard InChI is InChI=1S/C20H31N/c1-3-11-21-20(19-8-6-5-7-16(19)4-2)14-18-13-15-9-10-17(18)12-15/h5-8,15,17-18,20-21H,3-4,9-14H2,1-2H3. The first-order valence-corrected chi connectivity index (χ1v) is 9.13. The van der Waals surface area contributed by atoms with E-state index in [9.17, 15) is 0 Å². The summed E-state index contributed by atoms with van der Waals surface area (Å²) < 4.78 is 0. The van der Waals surface area contributed by atoms with Gasteiger partial charge in [-0.2, -0.15) is 0 Å². The molecule has 116 valence electrons. The van der Waals surface area contributed by atoms with Crippen LogP contribution in [-0.4, -0.2) is 6.54 Å². The van der Waals surface area contributed by atoms with Crippen molar-refractivity contribution in [3.8, 4) is 0 Å². The zero-order valence-corrected chi connectivity index (χ0v) is 13.8. The van der Waals surface area contributed by atoms with Crippen molar-refractivity contribution in [3.05, 3.63) is 35.4 Å². The van der Waals surface area contributed by atoms with Crippen LogP contribution in [0.25, 0.3) is 0 Å². The molecule has 0 aromatic heterocycles. The zero-order valence-electron chi connectivity index (χ0n) is 13.8. The molecule has 3 rings (SSSR count). The SMILES string of the molecule is CCCNC(CC1CC2CCC1C2)c1ccccc1CC. The summed E-state index contributed by atoms with van der Waals surface area (Å²) in [6.07, 6.45) is 9.78. The third-order valence-corrected chi connectivity index (χ3v) is 5.88. The monoisotopic (exact) mass is 285 g/mol. The predicted octanol–water partition coefficient (Wildman–Crippen LogP) is 5.12. The zero-order chi connectivity index (χ0) is 14.7. The molecule has 1 N–H and O–H groups in total. The van der Waals surface area contributed by atoms with Crippen LogP contribution in [0.2, 0.25) is 0 Å². The molecular weight excluding hydrogens is 254 g/mol. The molecule has 0 amide bonds. The van der Waals surface area contributed by atoms with Gasteiger partial charge in [0.2, 0.25) is 0 Å². The molecule has 0 spiro atoms. The van der Waals surface area contributed by atoms with Gasteiger partial charge in [0.25, 0.3) is 0 Å². The number of benzene rings is 1. The molecule has 0 saturated heterocycles. The van der Waals surface area contributed by atoms with Gasteiger partial charge < -0.3 is 5.32 Å². The lowest BCUT2D eigenvalue weighted by Crippen LogP contribution is -2.27. The van der Waals surface area contributed by atoms with Crippen molar-refractivity contribution in [2.24, 2.45) is 17.8 Å². The molecule has 1 nitrogen and oxygen atoms in total. The molecule has 2 bridgehead atoms. The highest BCUT2D eigenvalue weighted by Crippen LogP contribution is 2.51. The fourth-order valence-electron chi connectivity index (χ4n) is 4.80. The second kappa shape index (κ2) is 6.96. The van der Waals surface area contributed by atoms with Crippen molar-refractivity contribution in [3.63, 3.8) is 0 Å². The first kappa shape index (κ1) is 15.1. The third-order valence-electron chi connectivity index (χ3n) is 5.88. The molecule has 4 unspecified atom stereocenters. The van der Waals surface area contributed by atoms with E-state index in [2.05, 4.69) is 43.4 Å². The quantitative estimate of drug-likeness (QED) is 0.733. The van der Waals surface area contributed by atoms with E-state index in [4.69, 9.17) is 0 Å². The summed E-state index contributed by atoms with van der Waals surface area (Å²) in [4.78, 5) is 0. The number of hydrogen-bond acceptors (Lipinski definition) is 1. The normalized spacial score (nSPS) is 29.0. The van der Waals surface area contributed by atoms with Crippen LogP contribution in [0.5, 0.6) is 0 Å². The van der Waals surface area contributed by atoms with Crippen LogP contribution in [-0.2, 0) is 6.42 Å². The highest BCUT2D eigenvalue weighted by atomic mass is 14.9. The Morgan fingerprint density at radius 1 is 1.14 bits per heavy atom. The summed E-state index contributed by atoms with van der Waals surface area (Å²) >= 11 is 0. The van der Waals surface area contributed by atoms with E-state index in [0.717, 1.165) is 30.7 Å². The van der Waals surface area contributed by atoms with Crippen LogP contribution in [0.4, 0.5) is 0 Å². The topological polar surface area (TPSA) is 12.0 Å². The summed E-state index contributed by atoms with van der Waals surface area (Å²) in [7, 11) is 0. The number of rotatable bonds is 7. The Balaban J connectivity index is 1.74. The van der Waals surface area contributed by atoms with Crippen molar-refractivity contribution in [1.82, 2.24) is 5.32 Å². The molecule has 0 radical (unpaired) electrons. The summed E-state index contributed by atoms with van der Waals surface area (Å²) in [5.41, 5.74) is 3.10. The Labute approximate surface area is 130 Å². The molecule has 1 heteroatoms. The van der Waals surface area contributed by atoms with Crippen LogP contribution in [0.1, 0.15) is 69.5 Å². The van der Waals surface area contributed by atoms with Crippen molar-refractivity contribution < 1.29 is 0 Å². The lowest BCUT2D eigenvalue weighted by Gasteiger charge is -2.29. The Morgan fingerprint density at radius 3 is 2.67 bits per heavy atom. The smallest absolute Gasteiger partial charge is 0.0325 e. The fraction of sp³-hybridized carbons (Fsp3) is 0.700. The van der Waals surface area contributed by atoms with Crippen LogP contribution >= 0.6 is 0 Å². The Bertz CT molecular complexity index is 453. The minimum Gasteiger partial charge on any atom is -0.310 e. The fourth-order valence-corrected chi connectivity index (χ4v) is 4.80. The Hall–Kier alpha value is -0.820. The van der Waals surface area contributed by atoms with Crippen LogP contribution in [0.15, 0.2) is 24.3 Å². The van der Waals surface area contributed by atoms with E-state index in [1.165, 1.54) is 44.1 Å². The molecule has 2 fully saturated rings. The second-order valence-electron chi connectivity index (χ2n) is 7.23. The first-order valence-electron chi connectivity index (χ1n) is 9.13. The van der Waals surface area contributed by atoms with Gasteiger partial charge in [-0.15, -0.1) is 0 Å². The molecule has 1 aromatic rings. The first-order chi connectivity index (χ1) is 10.3. The average molecular weight is 285 g/mol. The highest BCUT2D eigenvalue weighted by molar-refractivity contribution is 5.30. The molecule has 2 aliphatic rings. The van der Waals surface area contributed by atoms with Crippen LogP contribution < -0.4 is 5.32 Å². The maximum atomic E-state index is 3.85. The second-order valence-corrected chi connectivity index (χ2v) is 7.23. The van der Waals surface area contributed by atoms with Crippen LogP contribution in [0, 0.1) is 17.8 Å². The van der Waals surface area contributed by atoms with E-state index in [-0.39, 0.29) is 0 Å². The highest BCUT2D eigenvalue weighted by Gasteiger charge is 2.40. The van der Waals surface area contributed by atoms with Gasteiger partial charge in [-0.05, 0) is 74.0 Å². The Morgan fingerprint density at radius 2 is 2.00 bits per heavy atom. The van der Waals surface area contributed by atoms with Gasteiger partial charge in [0.1, 0.15) is 0 Å². The van der Waals surface area contributed by atoms with Gasteiger partial charge in [0, 0.05) is 6.04 Å². The van der Waals surface area contributed by atoms with Crippen LogP contribution in [0.3, 0.4) is 0 Å². The minimum absolute atomic E-state index is 0.574. The van der Waals surface area contributed by atoms with Gasteiger partial charge in [0.05, 0.1) is 0 Å². The van der Waals surface area contributed by atoms with Gasteiger partial charge in [-0.3, -0.25) is 0 Å². The predicted molar refractivity (Wildman–Crippen MR) is 90.4 cm³/mol. The number of aryl methyl sites for hydroxylation is 1. The summed E-state index contributed by atoms with van der Waals surface area (Å²) in [5.74, 6) is 3.07. The molecule has 2 aliphatic carbocycles. The van der Waals surface area contributed by atoms with E-state index in [1.807, 2.05) is 0 Å². The maximum absolute atomic E-state index is 3.85. The van der Waals surface area contributed by atoms with E-state index < -0.39 is 0 Å². The molecule has 1 aromatic carbocycles. The van der Waals surface area contributed by atoms with Crippen molar-refractivity contribution in [2.75, 3.05) is 6.54 Å². The average Bonchev–Trinajstić information content (AvgIpc) is 3.14. The number of fused-ring (bicyclic) bond motifs is 2. The molecular formula is C20H31N. The van der Waals surface area contributed by atoms with Crippen molar-refractivity contribution in [1.29, 1.82) is 0 Å². The summed E-state index contributed by atoms with van der Waals surface area (Å²) in [6, 6.07) is 9.66. The Kier molecular flexibility index (Phi) is 5.00. The lowest BCUT2D eigenvalue weighted by atomic mass is 9.82. The van der Waals surface area contributed by atoms with E-state index >= 15 is 0 Å². The van der Waals surface area contributed by atoms with Crippen molar-refractivity contribution >= 4 is 0 Å². The van der Waals surface area contributed by atoms with Crippen molar-refractivity contribution in [2.45, 2.75) is 64.8 Å². The molecule has 0 aliphatic heterocycles. The van der Waals surface area contributed by atoms with Gasteiger partial charge in [0.15, 0.2) is 0 Å². The van der Waals surface area contributed by atoms with E-state index in [0.29, 0.717) is 6.04 Å². The molecule has 4 atom stereocenters. The number of hydrogen-bond donors (Lipinski definition) is 1. The molecule has 0 heterocycles. The van der Waals surface area contributed by atoms with Gasteiger partial charge >= 0.3 is 0 Å². The van der Waals surface area contributed by atoms with Gasteiger partial charge in [-0.25, -0.2) is 0 Å². The van der Waals surface area contributed by atoms with E-state index in [1.54, 1.807) is 5.56 Å². The lowest BCUT2D eigenvalue weighted by molar-refractivity contribution is 0.279. The molecule has 2 saturated carbocycles. The largest absolute Gasteiger partial charge is 0.310 e. The summed E-state index contributed by atoms with van der Waals surface area (Å²) in [6.45, 7) is 5.70. The van der Waals surface area contributed by atoms with Gasteiger partial charge in [-0.1, -0.05) is 44.5 Å². The summed E-state index contributed by atoms with van der Waals surface area (Å²) in [5, 5.41) is 3.85. The third kappa shape index (κ3) is 3.34. The minimum atomic E-state index is 0.574. The number of nitrogens with one attached hydrogen (secondary N) is 1. The maximum Gasteiger partial charge on any atom is 0.0325 e.